The van der Waals surface area contributed by atoms with Gasteiger partial charge in [-0.3, -0.25) is 0 Å². The van der Waals surface area contributed by atoms with Crippen LogP contribution in [0.25, 0.3) is 17.1 Å². The van der Waals surface area contributed by atoms with Crippen LogP contribution in [0.4, 0.5) is 5.69 Å². The number of nitrogens with two attached hydrogens (primary N) is 1. The Morgan fingerprint density at radius 2 is 1.84 bits per heavy atom. The van der Waals surface area contributed by atoms with Crippen LogP contribution >= 0.6 is 11.6 Å². The Balaban J connectivity index is 2.02. The summed E-state index contributed by atoms with van der Waals surface area (Å²) >= 11 is 6.11. The number of aromatic nitrogens is 4. The van der Waals surface area contributed by atoms with Gasteiger partial charge in [-0.25, -0.2) is 0 Å². The first-order chi connectivity index (χ1) is 9.24. The van der Waals surface area contributed by atoms with Crippen LogP contribution in [0.1, 0.15) is 0 Å². The normalized spacial score (nSPS) is 10.6. The summed E-state index contributed by atoms with van der Waals surface area (Å²) in [6.07, 6.45) is 0. The van der Waals surface area contributed by atoms with Crippen LogP contribution in [0.2, 0.25) is 5.02 Å². The van der Waals surface area contributed by atoms with Crippen LogP contribution in [-0.4, -0.2) is 20.2 Å². The van der Waals surface area contributed by atoms with E-state index in [-0.39, 0.29) is 0 Å². The molecule has 0 amide bonds. The molecule has 0 saturated heterocycles. The summed E-state index contributed by atoms with van der Waals surface area (Å²) < 4.78 is 0. The molecule has 19 heavy (non-hydrogen) atoms. The van der Waals surface area contributed by atoms with Crippen molar-refractivity contribution >= 4 is 17.3 Å². The zero-order valence-electron chi connectivity index (χ0n) is 9.86. The van der Waals surface area contributed by atoms with Crippen molar-refractivity contribution in [1.29, 1.82) is 0 Å². The second-order valence-corrected chi connectivity index (χ2v) is 4.39. The number of hydrogen-bond donors (Lipinski definition) is 1. The highest BCUT2D eigenvalue weighted by Crippen LogP contribution is 2.22. The number of hydrogen-bond acceptors (Lipinski definition) is 4. The van der Waals surface area contributed by atoms with Crippen molar-refractivity contribution in [1.82, 2.24) is 20.2 Å². The van der Waals surface area contributed by atoms with Crippen molar-refractivity contribution in [2.45, 2.75) is 0 Å². The summed E-state index contributed by atoms with van der Waals surface area (Å²) in [5, 5.41) is 12.8. The van der Waals surface area contributed by atoms with Gasteiger partial charge >= 0.3 is 0 Å². The van der Waals surface area contributed by atoms with Gasteiger partial charge in [0.2, 0.25) is 5.82 Å². The van der Waals surface area contributed by atoms with E-state index in [1.165, 1.54) is 4.80 Å². The average Bonchev–Trinajstić information content (AvgIpc) is 2.89. The minimum atomic E-state index is 0.483. The van der Waals surface area contributed by atoms with E-state index in [4.69, 9.17) is 17.3 Å². The minimum Gasteiger partial charge on any atom is -0.399 e. The number of tetrazole rings is 1. The fourth-order valence-electron chi connectivity index (χ4n) is 1.70. The third kappa shape index (κ3) is 2.28. The Hall–Kier alpha value is -2.40. The molecule has 6 heteroatoms. The molecule has 0 spiro atoms. The fourth-order valence-corrected chi connectivity index (χ4v) is 1.97. The predicted octanol–water partition coefficient (Wildman–Crippen LogP) is 2.56. The van der Waals surface area contributed by atoms with Crippen molar-refractivity contribution in [3.05, 3.63) is 53.6 Å². The van der Waals surface area contributed by atoms with E-state index in [0.29, 0.717) is 22.2 Å². The molecule has 0 bridgehead atoms. The van der Waals surface area contributed by atoms with E-state index < -0.39 is 0 Å². The zero-order valence-corrected chi connectivity index (χ0v) is 10.6. The highest BCUT2D eigenvalue weighted by Gasteiger charge is 2.09. The van der Waals surface area contributed by atoms with E-state index >= 15 is 0 Å². The molecule has 0 aliphatic rings. The van der Waals surface area contributed by atoms with Crippen LogP contribution < -0.4 is 5.73 Å². The van der Waals surface area contributed by atoms with Gasteiger partial charge in [0.15, 0.2) is 0 Å². The molecule has 1 heterocycles. The molecule has 3 aromatic rings. The van der Waals surface area contributed by atoms with Gasteiger partial charge < -0.3 is 5.73 Å². The molecule has 0 unspecified atom stereocenters. The average molecular weight is 272 g/mol. The largest absolute Gasteiger partial charge is 0.399 e. The van der Waals surface area contributed by atoms with Gasteiger partial charge in [0.25, 0.3) is 0 Å². The molecule has 0 radical (unpaired) electrons. The second-order valence-electron chi connectivity index (χ2n) is 3.98. The standard InChI is InChI=1S/C13H10ClN5/c14-11-8-10(15)6-7-12(11)19-17-13(16-18-19)9-4-2-1-3-5-9/h1-8H,15H2. The first-order valence-electron chi connectivity index (χ1n) is 5.65. The van der Waals surface area contributed by atoms with E-state index in [9.17, 15) is 0 Å². The van der Waals surface area contributed by atoms with Gasteiger partial charge in [0.1, 0.15) is 5.69 Å². The minimum absolute atomic E-state index is 0.483. The number of nitrogen functional groups attached to an aromatic ring is 1. The molecule has 0 aliphatic carbocycles. The summed E-state index contributed by atoms with van der Waals surface area (Å²) in [7, 11) is 0. The molecule has 3 rings (SSSR count). The molecule has 1 aromatic heterocycles. The van der Waals surface area contributed by atoms with E-state index in [2.05, 4.69) is 15.4 Å². The van der Waals surface area contributed by atoms with Crippen LogP contribution in [0.5, 0.6) is 0 Å². The Morgan fingerprint density at radius 3 is 2.58 bits per heavy atom. The van der Waals surface area contributed by atoms with Crippen LogP contribution in [0, 0.1) is 0 Å². The van der Waals surface area contributed by atoms with Gasteiger partial charge in [-0.2, -0.15) is 0 Å². The lowest BCUT2D eigenvalue weighted by Crippen LogP contribution is -2.00. The summed E-state index contributed by atoms with van der Waals surface area (Å²) in [5.74, 6) is 0.550. The van der Waals surface area contributed by atoms with Gasteiger partial charge in [-0.05, 0) is 23.4 Å². The van der Waals surface area contributed by atoms with Gasteiger partial charge in [-0.15, -0.1) is 15.0 Å². The number of anilines is 1. The van der Waals surface area contributed by atoms with Crippen molar-refractivity contribution in [3.8, 4) is 17.1 Å². The van der Waals surface area contributed by atoms with E-state index in [1.54, 1.807) is 18.2 Å². The molecule has 0 saturated carbocycles. The first kappa shape index (κ1) is 11.7. The molecular weight excluding hydrogens is 262 g/mol. The predicted molar refractivity (Wildman–Crippen MR) is 74.0 cm³/mol. The first-order valence-corrected chi connectivity index (χ1v) is 6.03. The number of halogens is 1. The third-order valence-corrected chi connectivity index (χ3v) is 2.94. The topological polar surface area (TPSA) is 69.6 Å². The van der Waals surface area contributed by atoms with Crippen molar-refractivity contribution in [2.24, 2.45) is 0 Å². The molecule has 2 N–H and O–H groups in total. The third-order valence-electron chi connectivity index (χ3n) is 2.63. The van der Waals surface area contributed by atoms with Crippen molar-refractivity contribution in [3.63, 3.8) is 0 Å². The van der Waals surface area contributed by atoms with E-state index in [0.717, 1.165) is 5.56 Å². The summed E-state index contributed by atoms with van der Waals surface area (Å²) in [6, 6.07) is 14.8. The highest BCUT2D eigenvalue weighted by molar-refractivity contribution is 6.32. The maximum atomic E-state index is 6.11. The van der Waals surface area contributed by atoms with Crippen LogP contribution in [0.15, 0.2) is 48.5 Å². The molecule has 5 nitrogen and oxygen atoms in total. The molecule has 2 aromatic carbocycles. The van der Waals surface area contributed by atoms with Crippen LogP contribution in [-0.2, 0) is 0 Å². The Kier molecular flexibility index (Phi) is 2.89. The number of nitrogens with zero attached hydrogens (tertiary/aromatic N) is 4. The van der Waals surface area contributed by atoms with Crippen molar-refractivity contribution in [2.75, 3.05) is 5.73 Å². The molecule has 0 atom stereocenters. The quantitative estimate of drug-likeness (QED) is 0.727. The second kappa shape index (κ2) is 4.70. The Bertz CT molecular complexity index is 708. The van der Waals surface area contributed by atoms with E-state index in [1.807, 2.05) is 30.3 Å². The number of rotatable bonds is 2. The fraction of sp³-hybridized carbons (Fsp3) is 0. The zero-order chi connectivity index (χ0) is 13.2. The Labute approximate surface area is 114 Å². The monoisotopic (exact) mass is 271 g/mol. The molecular formula is C13H10ClN5. The SMILES string of the molecule is Nc1ccc(-n2nnc(-c3ccccc3)n2)c(Cl)c1. The molecule has 94 valence electrons. The Morgan fingerprint density at radius 1 is 1.05 bits per heavy atom. The van der Waals surface area contributed by atoms with Gasteiger partial charge in [0, 0.05) is 11.3 Å². The molecule has 0 fully saturated rings. The summed E-state index contributed by atoms with van der Waals surface area (Å²) in [5.41, 5.74) is 7.79. The van der Waals surface area contributed by atoms with Gasteiger partial charge in [-0.1, -0.05) is 41.9 Å². The lowest BCUT2D eigenvalue weighted by molar-refractivity contribution is 0.720. The number of benzene rings is 2. The molecule has 0 aliphatic heterocycles. The maximum Gasteiger partial charge on any atom is 0.205 e. The smallest absolute Gasteiger partial charge is 0.205 e. The maximum absolute atomic E-state index is 6.11. The van der Waals surface area contributed by atoms with Crippen molar-refractivity contribution < 1.29 is 0 Å². The summed E-state index contributed by atoms with van der Waals surface area (Å²) in [6.45, 7) is 0. The highest BCUT2D eigenvalue weighted by atomic mass is 35.5. The van der Waals surface area contributed by atoms with Crippen LogP contribution in [0.3, 0.4) is 0 Å². The lowest BCUT2D eigenvalue weighted by Gasteiger charge is -2.02. The summed E-state index contributed by atoms with van der Waals surface area (Å²) in [4.78, 5) is 1.39. The lowest BCUT2D eigenvalue weighted by atomic mass is 10.2. The van der Waals surface area contributed by atoms with Gasteiger partial charge in [0.05, 0.1) is 5.02 Å².